The number of aromatic nitrogens is 1. The van der Waals surface area contributed by atoms with Crippen molar-refractivity contribution in [2.75, 3.05) is 21.3 Å². The lowest BCUT2D eigenvalue weighted by Gasteiger charge is -2.18. The van der Waals surface area contributed by atoms with Crippen molar-refractivity contribution in [3.63, 3.8) is 0 Å². The predicted octanol–water partition coefficient (Wildman–Crippen LogP) is 5.53. The Kier molecular flexibility index (Phi) is 8.00. The van der Waals surface area contributed by atoms with Crippen molar-refractivity contribution >= 4 is 27.5 Å². The summed E-state index contributed by atoms with van der Waals surface area (Å²) in [4.78, 5) is 30.2. The van der Waals surface area contributed by atoms with Crippen LogP contribution >= 0.6 is 11.3 Å². The van der Waals surface area contributed by atoms with E-state index in [4.69, 9.17) is 15.2 Å². The molecule has 3 aromatic carbocycles. The second-order valence-electron chi connectivity index (χ2n) is 9.65. The number of thiophene rings is 1. The Morgan fingerprint density at radius 3 is 2.30 bits per heavy atom. The standard InChI is InChI=1S/C32H31N3O4S/c1-34(17-21-9-5-4-6-10-21)19-25-28-29(36)26(31(33)37)20-35(18-23-11-7-8-12-27(23)39-3)32(28)40-30(25)22-13-15-24(38-2)16-14-22/h4-16,20H,17-19H2,1-3H3,(H2,33,37). The number of fused-ring (bicyclic) bond motifs is 1. The second-order valence-corrected chi connectivity index (χ2v) is 10.7. The zero-order valence-corrected chi connectivity index (χ0v) is 23.5. The van der Waals surface area contributed by atoms with E-state index in [-0.39, 0.29) is 11.0 Å². The maximum Gasteiger partial charge on any atom is 0.254 e. The fraction of sp³-hybridized carbons (Fsp3) is 0.188. The van der Waals surface area contributed by atoms with E-state index < -0.39 is 5.91 Å². The molecule has 0 atom stereocenters. The summed E-state index contributed by atoms with van der Waals surface area (Å²) >= 11 is 1.54. The molecular weight excluding hydrogens is 522 g/mol. The fourth-order valence-corrected chi connectivity index (χ4v) is 6.24. The minimum Gasteiger partial charge on any atom is -0.497 e. The van der Waals surface area contributed by atoms with E-state index in [2.05, 4.69) is 17.0 Å². The van der Waals surface area contributed by atoms with Crippen LogP contribution in [0.25, 0.3) is 20.7 Å². The molecule has 0 saturated heterocycles. The van der Waals surface area contributed by atoms with E-state index in [1.54, 1.807) is 20.4 Å². The summed E-state index contributed by atoms with van der Waals surface area (Å²) in [5.74, 6) is 0.727. The zero-order chi connectivity index (χ0) is 28.2. The lowest BCUT2D eigenvalue weighted by molar-refractivity contribution is 0.0998. The highest BCUT2D eigenvalue weighted by Gasteiger charge is 2.24. The highest BCUT2D eigenvalue weighted by Crippen LogP contribution is 2.39. The molecule has 40 heavy (non-hydrogen) atoms. The molecule has 0 spiro atoms. The number of pyridine rings is 1. The van der Waals surface area contributed by atoms with Crippen LogP contribution in [0.2, 0.25) is 0 Å². The first-order chi connectivity index (χ1) is 19.4. The molecule has 5 aromatic rings. The maximum atomic E-state index is 13.8. The molecule has 1 amide bonds. The van der Waals surface area contributed by atoms with Crippen molar-refractivity contribution in [3.8, 4) is 21.9 Å². The summed E-state index contributed by atoms with van der Waals surface area (Å²) < 4.78 is 12.9. The molecule has 2 N–H and O–H groups in total. The minimum absolute atomic E-state index is 0.0339. The molecule has 8 heteroatoms. The Bertz CT molecular complexity index is 1710. The lowest BCUT2D eigenvalue weighted by Crippen LogP contribution is -2.25. The van der Waals surface area contributed by atoms with Gasteiger partial charge in [-0.25, -0.2) is 0 Å². The van der Waals surface area contributed by atoms with Gasteiger partial charge in [0.2, 0.25) is 5.43 Å². The third kappa shape index (κ3) is 5.50. The number of ether oxygens (including phenoxy) is 2. The highest BCUT2D eigenvalue weighted by atomic mass is 32.1. The molecule has 0 aliphatic carbocycles. The van der Waals surface area contributed by atoms with Gasteiger partial charge >= 0.3 is 0 Å². The summed E-state index contributed by atoms with van der Waals surface area (Å²) in [6, 6.07) is 25.7. The topological polar surface area (TPSA) is 86.8 Å². The van der Waals surface area contributed by atoms with Crippen LogP contribution in [-0.2, 0) is 19.6 Å². The van der Waals surface area contributed by atoms with Crippen LogP contribution in [0.1, 0.15) is 27.0 Å². The van der Waals surface area contributed by atoms with Gasteiger partial charge in [-0.2, -0.15) is 0 Å². The predicted molar refractivity (Wildman–Crippen MR) is 160 cm³/mol. The number of carbonyl (C=O) groups excluding carboxylic acids is 1. The van der Waals surface area contributed by atoms with Crippen molar-refractivity contribution in [2.24, 2.45) is 5.73 Å². The smallest absolute Gasteiger partial charge is 0.254 e. The van der Waals surface area contributed by atoms with Crippen LogP contribution < -0.4 is 20.6 Å². The maximum absolute atomic E-state index is 13.8. The first kappa shape index (κ1) is 27.2. The minimum atomic E-state index is -0.749. The van der Waals surface area contributed by atoms with Gasteiger partial charge in [0.1, 0.15) is 21.9 Å². The number of amides is 1. The molecule has 2 heterocycles. The summed E-state index contributed by atoms with van der Waals surface area (Å²) in [6.45, 7) is 1.61. The normalized spacial score (nSPS) is 11.2. The zero-order valence-electron chi connectivity index (χ0n) is 22.7. The molecule has 0 bridgehead atoms. The molecule has 0 saturated carbocycles. The molecule has 2 aromatic heterocycles. The molecule has 0 unspecified atom stereocenters. The van der Waals surface area contributed by atoms with E-state index in [1.807, 2.05) is 78.3 Å². The van der Waals surface area contributed by atoms with E-state index in [0.717, 1.165) is 37.9 Å². The van der Waals surface area contributed by atoms with Crippen molar-refractivity contribution < 1.29 is 14.3 Å². The van der Waals surface area contributed by atoms with Crippen LogP contribution in [0.4, 0.5) is 0 Å². The van der Waals surface area contributed by atoms with Crippen LogP contribution in [0, 0.1) is 0 Å². The third-order valence-electron chi connectivity index (χ3n) is 6.88. The number of hydrogen-bond donors (Lipinski definition) is 1. The van der Waals surface area contributed by atoms with Crippen LogP contribution in [0.15, 0.2) is 89.9 Å². The number of methoxy groups -OCH3 is 2. The Morgan fingerprint density at radius 1 is 0.925 bits per heavy atom. The van der Waals surface area contributed by atoms with Gasteiger partial charge in [0, 0.05) is 29.7 Å². The molecule has 0 aliphatic rings. The van der Waals surface area contributed by atoms with Gasteiger partial charge in [0.15, 0.2) is 0 Å². The largest absolute Gasteiger partial charge is 0.497 e. The van der Waals surface area contributed by atoms with Crippen LogP contribution in [0.3, 0.4) is 0 Å². The molecule has 0 radical (unpaired) electrons. The van der Waals surface area contributed by atoms with E-state index >= 15 is 0 Å². The number of benzene rings is 3. The first-order valence-electron chi connectivity index (χ1n) is 12.9. The van der Waals surface area contributed by atoms with Crippen molar-refractivity contribution in [1.82, 2.24) is 9.47 Å². The SMILES string of the molecule is COc1ccc(-c2sc3c(c2CN(C)Cc2ccccc2)c(=O)c(C(N)=O)cn3Cc2ccccc2OC)cc1. The van der Waals surface area contributed by atoms with Crippen LogP contribution in [-0.4, -0.2) is 36.6 Å². The number of primary amides is 1. The first-order valence-corrected chi connectivity index (χ1v) is 13.7. The molecule has 0 fully saturated rings. The summed E-state index contributed by atoms with van der Waals surface area (Å²) in [5.41, 5.74) is 9.27. The third-order valence-corrected chi connectivity index (χ3v) is 8.20. The fourth-order valence-electron chi connectivity index (χ4n) is 4.95. The quantitative estimate of drug-likeness (QED) is 0.246. The van der Waals surface area contributed by atoms with E-state index in [0.29, 0.717) is 25.0 Å². The second kappa shape index (κ2) is 11.8. The van der Waals surface area contributed by atoms with Gasteiger partial charge in [-0.3, -0.25) is 14.5 Å². The van der Waals surface area contributed by atoms with Crippen molar-refractivity contribution in [1.29, 1.82) is 0 Å². The summed E-state index contributed by atoms with van der Waals surface area (Å²) in [5, 5.41) is 0.516. The Hall–Kier alpha value is -4.40. The highest BCUT2D eigenvalue weighted by molar-refractivity contribution is 7.22. The molecular formula is C32H31N3O4S. The Labute approximate surface area is 237 Å². The Balaban J connectivity index is 1.71. The van der Waals surface area contributed by atoms with Crippen molar-refractivity contribution in [2.45, 2.75) is 19.6 Å². The van der Waals surface area contributed by atoms with E-state index in [9.17, 15) is 9.59 Å². The average molecular weight is 554 g/mol. The average Bonchev–Trinajstić information content (AvgIpc) is 3.34. The number of rotatable bonds is 10. The van der Waals surface area contributed by atoms with Gasteiger partial charge < -0.3 is 19.8 Å². The van der Waals surface area contributed by atoms with Gasteiger partial charge in [0.25, 0.3) is 5.91 Å². The molecule has 0 aliphatic heterocycles. The molecule has 7 nitrogen and oxygen atoms in total. The monoisotopic (exact) mass is 553 g/mol. The molecule has 204 valence electrons. The number of nitrogens with zero attached hydrogens (tertiary/aromatic N) is 2. The Morgan fingerprint density at radius 2 is 1.62 bits per heavy atom. The lowest BCUT2D eigenvalue weighted by atomic mass is 10.0. The number of nitrogens with two attached hydrogens (primary N) is 1. The van der Waals surface area contributed by atoms with Gasteiger partial charge in [-0.15, -0.1) is 11.3 Å². The summed E-state index contributed by atoms with van der Waals surface area (Å²) in [6.07, 6.45) is 1.57. The number of carbonyl (C=O) groups is 1. The van der Waals surface area contributed by atoms with Gasteiger partial charge in [-0.1, -0.05) is 48.5 Å². The van der Waals surface area contributed by atoms with Gasteiger partial charge in [0.05, 0.1) is 26.2 Å². The van der Waals surface area contributed by atoms with Gasteiger partial charge in [-0.05, 0) is 54.1 Å². The van der Waals surface area contributed by atoms with Crippen molar-refractivity contribution in [3.05, 3.63) is 118 Å². The number of hydrogen-bond acceptors (Lipinski definition) is 6. The summed E-state index contributed by atoms with van der Waals surface area (Å²) in [7, 11) is 5.29. The molecule has 5 rings (SSSR count). The van der Waals surface area contributed by atoms with E-state index in [1.165, 1.54) is 16.9 Å². The van der Waals surface area contributed by atoms with Crippen LogP contribution in [0.5, 0.6) is 11.5 Å². The number of para-hydroxylation sites is 1.